The summed E-state index contributed by atoms with van der Waals surface area (Å²) < 4.78 is 37.6. The number of nitrogens with two attached hydrogens (primary N) is 1. The molecule has 1 aliphatic carbocycles. The van der Waals surface area contributed by atoms with Crippen LogP contribution < -0.4 is 5.73 Å². The van der Waals surface area contributed by atoms with Crippen LogP contribution in [-0.2, 0) is 11.2 Å². The molecule has 1 aliphatic heterocycles. The van der Waals surface area contributed by atoms with Gasteiger partial charge in [-0.3, -0.25) is 4.98 Å². The highest BCUT2D eigenvalue weighted by atomic mass is 19.1. The Labute approximate surface area is 214 Å². The van der Waals surface area contributed by atoms with Gasteiger partial charge in [-0.1, -0.05) is 6.42 Å². The van der Waals surface area contributed by atoms with Crippen LogP contribution in [0.25, 0.3) is 16.8 Å². The van der Waals surface area contributed by atoms with Crippen LogP contribution in [-0.4, -0.2) is 38.8 Å². The topological polar surface area (TPSA) is 78.3 Å². The van der Waals surface area contributed by atoms with E-state index in [1.165, 1.54) is 17.7 Å². The number of fused-ring (bicyclic) bond motifs is 1. The number of nitrogens with zero attached hydrogens (tertiary/aromatic N) is 4. The van der Waals surface area contributed by atoms with Gasteiger partial charge in [0.1, 0.15) is 17.5 Å². The van der Waals surface area contributed by atoms with E-state index >= 15 is 8.78 Å². The van der Waals surface area contributed by atoms with Gasteiger partial charge in [-0.15, -0.1) is 0 Å². The number of hydrogen-bond donors (Lipinski definition) is 1. The van der Waals surface area contributed by atoms with E-state index in [9.17, 15) is 0 Å². The van der Waals surface area contributed by atoms with Crippen molar-refractivity contribution in [1.29, 1.82) is 0 Å². The summed E-state index contributed by atoms with van der Waals surface area (Å²) >= 11 is 0. The molecule has 2 N–H and O–H groups in total. The minimum atomic E-state index is -0.599. The van der Waals surface area contributed by atoms with E-state index in [-0.39, 0.29) is 23.2 Å². The van der Waals surface area contributed by atoms with Crippen molar-refractivity contribution in [3.8, 4) is 11.3 Å². The van der Waals surface area contributed by atoms with Crippen molar-refractivity contribution in [2.75, 3.05) is 13.2 Å². The molecule has 2 fully saturated rings. The predicted molar refractivity (Wildman–Crippen MR) is 137 cm³/mol. The molecule has 0 bridgehead atoms. The Bertz CT molecular complexity index is 1390. The van der Waals surface area contributed by atoms with E-state index in [4.69, 9.17) is 10.5 Å². The number of benzene rings is 1. The first-order valence-electron chi connectivity index (χ1n) is 13.2. The monoisotopic (exact) mass is 503 g/mol. The third-order valence-electron chi connectivity index (χ3n) is 7.91. The van der Waals surface area contributed by atoms with Crippen LogP contribution in [0.3, 0.4) is 0 Å². The van der Waals surface area contributed by atoms with Crippen molar-refractivity contribution in [1.82, 2.24) is 19.6 Å². The summed E-state index contributed by atoms with van der Waals surface area (Å²) in [6.07, 6.45) is 11.8. The minimum absolute atomic E-state index is 0.106. The van der Waals surface area contributed by atoms with Gasteiger partial charge in [-0.2, -0.15) is 5.10 Å². The maximum Gasteiger partial charge on any atom is 0.135 e. The van der Waals surface area contributed by atoms with Crippen LogP contribution in [0.4, 0.5) is 8.78 Å². The van der Waals surface area contributed by atoms with Crippen molar-refractivity contribution in [2.45, 2.75) is 62.8 Å². The van der Waals surface area contributed by atoms with Gasteiger partial charge in [-0.05, 0) is 91.0 Å². The van der Waals surface area contributed by atoms with E-state index in [1.54, 1.807) is 22.8 Å². The average Bonchev–Trinajstić information content (AvgIpc) is 3.31. The molecule has 0 amide bonds. The van der Waals surface area contributed by atoms with Crippen LogP contribution in [0.1, 0.15) is 72.9 Å². The van der Waals surface area contributed by atoms with Gasteiger partial charge in [0.05, 0.1) is 23.0 Å². The standard InChI is InChI=1S/C29H31F2N5O/c30-25-13-20(18-7-10-37-11-8-18)14-26(31)29(25)27-5-4-23-17-34-28(36(23)35-27)15-21-16-33-9-6-24(21)19-2-1-3-22(32)12-19/h4-6,9,13-14,16-19,22H,1-3,7-8,10-12,15,32H2/t19-,22+/m1/s1. The fourth-order valence-corrected chi connectivity index (χ4v) is 5.96. The summed E-state index contributed by atoms with van der Waals surface area (Å²) in [6, 6.07) is 8.65. The van der Waals surface area contributed by atoms with E-state index < -0.39 is 11.6 Å². The molecule has 1 saturated heterocycles. The van der Waals surface area contributed by atoms with Gasteiger partial charge in [0, 0.05) is 38.1 Å². The molecule has 0 spiro atoms. The minimum Gasteiger partial charge on any atom is -0.381 e. The normalized spacial score (nSPS) is 20.9. The number of pyridine rings is 1. The van der Waals surface area contributed by atoms with Crippen LogP contribution in [0, 0.1) is 11.6 Å². The molecule has 8 heteroatoms. The zero-order valence-corrected chi connectivity index (χ0v) is 20.7. The molecular formula is C29H31F2N5O. The molecule has 3 aromatic heterocycles. The van der Waals surface area contributed by atoms with E-state index in [0.29, 0.717) is 36.9 Å². The Balaban J connectivity index is 1.33. The Morgan fingerprint density at radius 2 is 1.78 bits per heavy atom. The molecule has 6 nitrogen and oxygen atoms in total. The summed E-state index contributed by atoms with van der Waals surface area (Å²) in [7, 11) is 0. The lowest BCUT2D eigenvalue weighted by Crippen LogP contribution is -2.27. The molecule has 6 rings (SSSR count). The molecule has 192 valence electrons. The van der Waals surface area contributed by atoms with Gasteiger partial charge in [0.15, 0.2) is 0 Å². The maximum absolute atomic E-state index is 15.3. The lowest BCUT2D eigenvalue weighted by molar-refractivity contribution is 0.0852. The molecule has 2 aliphatic rings. The molecule has 2 atom stereocenters. The summed E-state index contributed by atoms with van der Waals surface area (Å²) in [4.78, 5) is 8.95. The highest BCUT2D eigenvalue weighted by molar-refractivity contribution is 5.63. The summed E-state index contributed by atoms with van der Waals surface area (Å²) in [5.74, 6) is 0.00559. The summed E-state index contributed by atoms with van der Waals surface area (Å²) in [5, 5.41) is 4.63. The smallest absolute Gasteiger partial charge is 0.135 e. The number of ether oxygens (including phenoxy) is 1. The van der Waals surface area contributed by atoms with Gasteiger partial charge in [0.25, 0.3) is 0 Å². The largest absolute Gasteiger partial charge is 0.381 e. The van der Waals surface area contributed by atoms with E-state index in [0.717, 1.165) is 49.6 Å². The van der Waals surface area contributed by atoms with Gasteiger partial charge < -0.3 is 10.5 Å². The summed E-state index contributed by atoms with van der Waals surface area (Å²) in [6.45, 7) is 1.23. The highest BCUT2D eigenvalue weighted by Gasteiger charge is 2.24. The molecule has 0 radical (unpaired) electrons. The Morgan fingerprint density at radius 3 is 2.57 bits per heavy atom. The molecule has 1 aromatic carbocycles. The molecule has 37 heavy (non-hydrogen) atoms. The van der Waals surface area contributed by atoms with Crippen LogP contribution in [0.2, 0.25) is 0 Å². The fraction of sp³-hybridized carbons (Fsp3) is 0.414. The Kier molecular flexibility index (Phi) is 6.69. The third-order valence-corrected chi connectivity index (χ3v) is 7.91. The first-order chi connectivity index (χ1) is 18.1. The number of halogens is 2. The Hall–Kier alpha value is -3.23. The van der Waals surface area contributed by atoms with Crippen LogP contribution >= 0.6 is 0 Å². The Morgan fingerprint density at radius 1 is 0.973 bits per heavy atom. The predicted octanol–water partition coefficient (Wildman–Crippen LogP) is 5.54. The number of aromatic nitrogens is 4. The molecular weight excluding hydrogens is 472 g/mol. The van der Waals surface area contributed by atoms with Crippen molar-refractivity contribution in [3.05, 3.63) is 83.1 Å². The number of rotatable bonds is 5. The van der Waals surface area contributed by atoms with E-state index in [2.05, 4.69) is 21.1 Å². The SMILES string of the molecule is N[C@H]1CCC[C@@H](c2ccncc2Cc2ncc3ccc(-c4c(F)cc(C5CCOCC5)cc4F)nn23)C1. The fourth-order valence-electron chi connectivity index (χ4n) is 5.96. The van der Waals surface area contributed by atoms with Crippen molar-refractivity contribution < 1.29 is 13.5 Å². The number of imidazole rings is 1. The maximum atomic E-state index is 15.3. The van der Waals surface area contributed by atoms with Crippen molar-refractivity contribution >= 4 is 5.52 Å². The highest BCUT2D eigenvalue weighted by Crippen LogP contribution is 2.35. The average molecular weight is 504 g/mol. The van der Waals surface area contributed by atoms with Gasteiger partial charge in [0.2, 0.25) is 0 Å². The van der Waals surface area contributed by atoms with Crippen molar-refractivity contribution in [2.24, 2.45) is 5.73 Å². The lowest BCUT2D eigenvalue weighted by Gasteiger charge is -2.28. The zero-order valence-electron chi connectivity index (χ0n) is 20.7. The second-order valence-electron chi connectivity index (χ2n) is 10.4. The number of hydrogen-bond acceptors (Lipinski definition) is 5. The molecule has 0 unspecified atom stereocenters. The molecule has 4 heterocycles. The van der Waals surface area contributed by atoms with E-state index in [1.807, 2.05) is 12.4 Å². The quantitative estimate of drug-likeness (QED) is 0.387. The molecule has 1 saturated carbocycles. The van der Waals surface area contributed by atoms with Crippen molar-refractivity contribution in [3.63, 3.8) is 0 Å². The van der Waals surface area contributed by atoms with Gasteiger partial charge in [-0.25, -0.2) is 18.3 Å². The second kappa shape index (κ2) is 10.3. The van der Waals surface area contributed by atoms with Crippen LogP contribution in [0.5, 0.6) is 0 Å². The van der Waals surface area contributed by atoms with Crippen LogP contribution in [0.15, 0.2) is 48.9 Å². The second-order valence-corrected chi connectivity index (χ2v) is 10.4. The first kappa shape index (κ1) is 24.1. The molecule has 4 aromatic rings. The lowest BCUT2D eigenvalue weighted by atomic mass is 9.80. The summed E-state index contributed by atoms with van der Waals surface area (Å²) in [5.41, 5.74) is 10.2. The first-order valence-corrected chi connectivity index (χ1v) is 13.2. The third kappa shape index (κ3) is 4.88. The van der Waals surface area contributed by atoms with Gasteiger partial charge >= 0.3 is 0 Å². The zero-order chi connectivity index (χ0) is 25.4.